The molecule has 0 aromatic carbocycles. The molecule has 7 nitrogen and oxygen atoms in total. The molecule has 2 unspecified atom stereocenters. The van der Waals surface area contributed by atoms with Crippen LogP contribution < -0.4 is 0 Å². The van der Waals surface area contributed by atoms with Crippen molar-refractivity contribution in [2.45, 2.75) is 91.8 Å². The van der Waals surface area contributed by atoms with Crippen LogP contribution in [0.5, 0.6) is 0 Å². The highest BCUT2D eigenvalue weighted by atomic mass is 32.3. The standard InChI is InChI=1S/C26H42O7S/c1-18-11-12-21-22(10-7-14-25(21,2)3)26(18,4)15-13-19(17-32-34(28,29)30)8-6-9-20-16-23(31-5)33-24(20)27/h10,16,18-19,21,23H,6-9,11-15,17H2,1-5H3,(H,28,29,30)/p-1/t18-,19?,21-,23?,26-/m0/s1. The van der Waals surface area contributed by atoms with E-state index in [-0.39, 0.29) is 23.9 Å². The molecule has 0 aromatic rings. The fourth-order valence-electron chi connectivity index (χ4n) is 6.25. The van der Waals surface area contributed by atoms with E-state index in [1.807, 2.05) is 0 Å². The van der Waals surface area contributed by atoms with Gasteiger partial charge in [-0.2, -0.15) is 0 Å². The molecule has 2 aliphatic carbocycles. The van der Waals surface area contributed by atoms with Crippen LogP contribution in [0.25, 0.3) is 0 Å². The number of hydrogen-bond donors (Lipinski definition) is 0. The summed E-state index contributed by atoms with van der Waals surface area (Å²) in [5, 5.41) is 0. The molecule has 0 N–H and O–H groups in total. The Hall–Kier alpha value is -1.22. The van der Waals surface area contributed by atoms with Crippen molar-refractivity contribution in [3.05, 3.63) is 23.3 Å². The second kappa shape index (κ2) is 10.8. The highest BCUT2D eigenvalue weighted by Gasteiger charge is 2.47. The van der Waals surface area contributed by atoms with Gasteiger partial charge in [0.2, 0.25) is 16.7 Å². The highest BCUT2D eigenvalue weighted by Crippen LogP contribution is 2.58. The molecule has 0 spiro atoms. The van der Waals surface area contributed by atoms with Gasteiger partial charge in [0.25, 0.3) is 0 Å². The minimum atomic E-state index is -4.75. The number of methoxy groups -OCH3 is 1. The molecule has 0 radical (unpaired) electrons. The maximum Gasteiger partial charge on any atom is 0.336 e. The first-order chi connectivity index (χ1) is 15.9. The lowest BCUT2D eigenvalue weighted by atomic mass is 9.52. The van der Waals surface area contributed by atoms with E-state index in [0.717, 1.165) is 19.3 Å². The van der Waals surface area contributed by atoms with Crippen LogP contribution in [0.1, 0.15) is 85.5 Å². The summed E-state index contributed by atoms with van der Waals surface area (Å²) in [6.07, 6.45) is 11.8. The van der Waals surface area contributed by atoms with Crippen molar-refractivity contribution in [3.63, 3.8) is 0 Å². The van der Waals surface area contributed by atoms with Crippen molar-refractivity contribution in [3.8, 4) is 0 Å². The van der Waals surface area contributed by atoms with Gasteiger partial charge < -0.3 is 14.0 Å². The van der Waals surface area contributed by atoms with Gasteiger partial charge in [0.05, 0.1) is 6.61 Å². The van der Waals surface area contributed by atoms with E-state index in [0.29, 0.717) is 42.1 Å². The van der Waals surface area contributed by atoms with Gasteiger partial charge >= 0.3 is 5.97 Å². The molecule has 3 rings (SSSR count). The molecule has 1 heterocycles. The third-order valence-electron chi connectivity index (χ3n) is 8.74. The number of hydrogen-bond acceptors (Lipinski definition) is 7. The minimum absolute atomic E-state index is 0.0542. The summed E-state index contributed by atoms with van der Waals surface area (Å²) in [6.45, 7) is 9.34. The van der Waals surface area contributed by atoms with Crippen molar-refractivity contribution >= 4 is 16.4 Å². The van der Waals surface area contributed by atoms with E-state index in [1.54, 1.807) is 11.6 Å². The van der Waals surface area contributed by atoms with Crippen LogP contribution in [0, 0.1) is 28.6 Å². The summed E-state index contributed by atoms with van der Waals surface area (Å²) >= 11 is 0. The summed E-state index contributed by atoms with van der Waals surface area (Å²) in [7, 11) is -3.27. The normalized spacial score (nSPS) is 31.9. The van der Waals surface area contributed by atoms with Crippen LogP contribution in [0.15, 0.2) is 23.3 Å². The summed E-state index contributed by atoms with van der Waals surface area (Å²) in [5.41, 5.74) is 2.50. The van der Waals surface area contributed by atoms with Gasteiger partial charge in [-0.15, -0.1) is 0 Å². The SMILES string of the molecule is COC1C=C(CCCC(CC[C@]2(C)C3=CCCC(C)(C)[C@H]3CC[C@@H]2C)COS(=O)(=O)[O-])C(=O)O1. The summed E-state index contributed by atoms with van der Waals surface area (Å²) in [5.74, 6) is 0.677. The molecule has 8 heteroatoms. The van der Waals surface area contributed by atoms with E-state index in [9.17, 15) is 17.8 Å². The Balaban J connectivity index is 1.66. The van der Waals surface area contributed by atoms with Gasteiger partial charge in [-0.1, -0.05) is 39.3 Å². The van der Waals surface area contributed by atoms with Crippen LogP contribution in [-0.4, -0.2) is 38.9 Å². The van der Waals surface area contributed by atoms with Crippen molar-refractivity contribution < 1.29 is 31.4 Å². The molecule has 0 saturated heterocycles. The first kappa shape index (κ1) is 27.4. The van der Waals surface area contributed by atoms with Gasteiger partial charge in [-0.3, -0.25) is 4.18 Å². The van der Waals surface area contributed by atoms with Crippen molar-refractivity contribution in [2.75, 3.05) is 13.7 Å². The Morgan fingerprint density at radius 1 is 1.24 bits per heavy atom. The number of cyclic esters (lactones) is 1. The quantitative estimate of drug-likeness (QED) is 0.165. The second-order valence-electron chi connectivity index (χ2n) is 11.3. The average molecular weight is 498 g/mol. The molecule has 1 saturated carbocycles. The maximum absolute atomic E-state index is 12.0. The van der Waals surface area contributed by atoms with Crippen molar-refractivity contribution in [1.29, 1.82) is 0 Å². The Bertz CT molecular complexity index is 904. The zero-order chi connectivity index (χ0) is 25.1. The molecular formula is C26H41O7S-. The molecule has 5 atom stereocenters. The summed E-state index contributed by atoms with van der Waals surface area (Å²) in [6, 6.07) is 0. The smallest absolute Gasteiger partial charge is 0.336 e. The number of rotatable bonds is 11. The van der Waals surface area contributed by atoms with Gasteiger partial charge in [0.1, 0.15) is 0 Å². The zero-order valence-electron chi connectivity index (χ0n) is 21.3. The molecule has 0 amide bonds. The van der Waals surface area contributed by atoms with Gasteiger partial charge in [0, 0.05) is 12.7 Å². The van der Waals surface area contributed by atoms with E-state index in [2.05, 4.69) is 38.0 Å². The third-order valence-corrected chi connectivity index (χ3v) is 9.17. The number of ether oxygens (including phenoxy) is 2. The van der Waals surface area contributed by atoms with Crippen LogP contribution in [0.3, 0.4) is 0 Å². The number of fused-ring (bicyclic) bond motifs is 1. The zero-order valence-corrected chi connectivity index (χ0v) is 22.1. The van der Waals surface area contributed by atoms with Gasteiger partial charge in [0.15, 0.2) is 0 Å². The first-order valence-electron chi connectivity index (χ1n) is 12.6. The molecule has 0 bridgehead atoms. The van der Waals surface area contributed by atoms with E-state index in [4.69, 9.17) is 9.47 Å². The van der Waals surface area contributed by atoms with E-state index < -0.39 is 16.7 Å². The second-order valence-corrected chi connectivity index (χ2v) is 12.4. The van der Waals surface area contributed by atoms with Crippen LogP contribution in [-0.2, 0) is 28.9 Å². The third kappa shape index (κ3) is 6.50. The number of allylic oxidation sites excluding steroid dienone is 2. The van der Waals surface area contributed by atoms with Crippen molar-refractivity contribution in [2.24, 2.45) is 28.6 Å². The van der Waals surface area contributed by atoms with E-state index in [1.165, 1.54) is 26.4 Å². The molecule has 1 aliphatic heterocycles. The predicted molar refractivity (Wildman–Crippen MR) is 128 cm³/mol. The van der Waals surface area contributed by atoms with Crippen LogP contribution in [0.2, 0.25) is 0 Å². The molecule has 3 aliphatic rings. The fourth-order valence-corrected chi connectivity index (χ4v) is 6.61. The summed E-state index contributed by atoms with van der Waals surface area (Å²) in [4.78, 5) is 12.0. The predicted octanol–water partition coefficient (Wildman–Crippen LogP) is 5.28. The highest BCUT2D eigenvalue weighted by molar-refractivity contribution is 7.80. The number of esters is 1. The lowest BCUT2D eigenvalue weighted by Crippen LogP contribution is -2.43. The molecular weight excluding hydrogens is 456 g/mol. The average Bonchev–Trinajstić information content (AvgIpc) is 3.11. The van der Waals surface area contributed by atoms with E-state index >= 15 is 0 Å². The lowest BCUT2D eigenvalue weighted by molar-refractivity contribution is -0.155. The minimum Gasteiger partial charge on any atom is -0.726 e. The molecule has 34 heavy (non-hydrogen) atoms. The van der Waals surface area contributed by atoms with Crippen LogP contribution >= 0.6 is 0 Å². The van der Waals surface area contributed by atoms with Gasteiger partial charge in [-0.05, 0) is 92.4 Å². The fraction of sp³-hybridized carbons (Fsp3) is 0.808. The molecule has 0 aromatic heterocycles. The monoisotopic (exact) mass is 497 g/mol. The number of carbonyl (C=O) groups excluding carboxylic acids is 1. The van der Waals surface area contributed by atoms with Crippen LogP contribution in [0.4, 0.5) is 0 Å². The molecule has 194 valence electrons. The Morgan fingerprint density at radius 2 is 1.97 bits per heavy atom. The topological polar surface area (TPSA) is 102 Å². The van der Waals surface area contributed by atoms with Gasteiger partial charge in [-0.25, -0.2) is 13.2 Å². The summed E-state index contributed by atoms with van der Waals surface area (Å²) < 4.78 is 48.2. The Morgan fingerprint density at radius 3 is 2.62 bits per heavy atom. The first-order valence-corrected chi connectivity index (χ1v) is 13.9. The number of carbonyl (C=O) groups is 1. The van der Waals surface area contributed by atoms with Crippen molar-refractivity contribution in [1.82, 2.24) is 0 Å². The Kier molecular flexibility index (Phi) is 8.70. The molecule has 1 fully saturated rings. The maximum atomic E-state index is 12.0. The Labute approximate surface area is 205 Å². The largest absolute Gasteiger partial charge is 0.726 e. The lowest BCUT2D eigenvalue weighted by Gasteiger charge is -2.53.